The molecule has 0 spiro atoms. The van der Waals surface area contributed by atoms with Crippen molar-refractivity contribution in [1.29, 1.82) is 0 Å². The summed E-state index contributed by atoms with van der Waals surface area (Å²) in [6, 6.07) is 8.64. The summed E-state index contributed by atoms with van der Waals surface area (Å²) >= 11 is 0. The molecule has 0 heterocycles. The predicted octanol–water partition coefficient (Wildman–Crippen LogP) is 0.0885. The zero-order chi connectivity index (χ0) is 12.0. The number of hydrogen-bond acceptors (Lipinski definition) is 3. The smallest absolute Gasteiger partial charge is 0.241 e. The molecule has 0 fully saturated rings. The van der Waals surface area contributed by atoms with Gasteiger partial charge in [0.05, 0.1) is 12.6 Å². The van der Waals surface area contributed by atoms with E-state index in [1.165, 1.54) is 0 Å². The number of amides is 2. The minimum absolute atomic E-state index is 0.0105. The zero-order valence-corrected chi connectivity index (χ0v) is 9.07. The van der Waals surface area contributed by atoms with Gasteiger partial charge in [-0.25, -0.2) is 0 Å². The van der Waals surface area contributed by atoms with Gasteiger partial charge in [0.2, 0.25) is 11.8 Å². The summed E-state index contributed by atoms with van der Waals surface area (Å²) < 4.78 is 0. The maximum atomic E-state index is 11.6. The number of primary amides is 1. The number of carbonyl (C=O) groups is 2. The minimum atomic E-state index is -0.487. The lowest BCUT2D eigenvalue weighted by atomic mass is 10.2. The topological polar surface area (TPSA) is 84.2 Å². The average Bonchev–Trinajstić information content (AvgIpc) is 2.27. The third kappa shape index (κ3) is 4.10. The summed E-state index contributed by atoms with van der Waals surface area (Å²) in [5.74, 6) is -0.688. The lowest BCUT2D eigenvalue weighted by Crippen LogP contribution is -2.42. The standard InChI is InChI=1S/C11H15N3O2/c1-8(13-7-10(12)15)11(16)14-9-5-3-2-4-6-9/h2-6,8,13H,7H2,1H3,(H2,12,15)(H,14,16). The van der Waals surface area contributed by atoms with E-state index in [0.29, 0.717) is 0 Å². The molecule has 0 saturated carbocycles. The van der Waals surface area contributed by atoms with Gasteiger partial charge in [0.1, 0.15) is 0 Å². The third-order valence-corrected chi connectivity index (χ3v) is 2.02. The second kappa shape index (κ2) is 5.87. The highest BCUT2D eigenvalue weighted by Crippen LogP contribution is 2.05. The SMILES string of the molecule is CC(NCC(N)=O)C(=O)Nc1ccccc1. The molecule has 5 nitrogen and oxygen atoms in total. The molecule has 86 valence electrons. The number of carbonyl (C=O) groups excluding carboxylic acids is 2. The molecule has 0 aliphatic heterocycles. The van der Waals surface area contributed by atoms with Crippen LogP contribution < -0.4 is 16.4 Å². The van der Waals surface area contributed by atoms with Gasteiger partial charge >= 0.3 is 0 Å². The van der Waals surface area contributed by atoms with Gasteiger partial charge in [0.15, 0.2) is 0 Å². The van der Waals surface area contributed by atoms with Crippen LogP contribution in [0.4, 0.5) is 5.69 Å². The molecule has 4 N–H and O–H groups in total. The summed E-state index contributed by atoms with van der Waals surface area (Å²) in [5, 5.41) is 5.43. The first-order chi connectivity index (χ1) is 7.59. The monoisotopic (exact) mass is 221 g/mol. The fourth-order valence-corrected chi connectivity index (χ4v) is 1.12. The second-order valence-corrected chi connectivity index (χ2v) is 3.42. The van der Waals surface area contributed by atoms with Gasteiger partial charge in [-0.15, -0.1) is 0 Å². The molecule has 0 aliphatic rings. The Hall–Kier alpha value is -1.88. The molecule has 1 aromatic rings. The van der Waals surface area contributed by atoms with Crippen molar-refractivity contribution in [3.05, 3.63) is 30.3 Å². The Balaban J connectivity index is 2.43. The third-order valence-electron chi connectivity index (χ3n) is 2.02. The first-order valence-electron chi connectivity index (χ1n) is 4.97. The van der Waals surface area contributed by atoms with E-state index in [2.05, 4.69) is 10.6 Å². The lowest BCUT2D eigenvalue weighted by molar-refractivity contribution is -0.119. The van der Waals surface area contributed by atoms with Gasteiger partial charge in [-0.05, 0) is 19.1 Å². The van der Waals surface area contributed by atoms with Crippen LogP contribution in [-0.2, 0) is 9.59 Å². The Morgan fingerprint density at radius 2 is 1.94 bits per heavy atom. The van der Waals surface area contributed by atoms with E-state index >= 15 is 0 Å². The zero-order valence-electron chi connectivity index (χ0n) is 9.07. The van der Waals surface area contributed by atoms with Crippen molar-refractivity contribution in [2.75, 3.05) is 11.9 Å². The maximum absolute atomic E-state index is 11.6. The maximum Gasteiger partial charge on any atom is 0.241 e. The molecule has 0 saturated heterocycles. The first-order valence-corrected chi connectivity index (χ1v) is 4.97. The predicted molar refractivity (Wildman–Crippen MR) is 61.7 cm³/mol. The Bertz CT molecular complexity index is 365. The number of anilines is 1. The van der Waals surface area contributed by atoms with Crippen LogP contribution >= 0.6 is 0 Å². The van der Waals surface area contributed by atoms with Crippen molar-refractivity contribution in [1.82, 2.24) is 5.32 Å². The number of rotatable bonds is 5. The van der Waals surface area contributed by atoms with E-state index in [-0.39, 0.29) is 12.5 Å². The highest BCUT2D eigenvalue weighted by atomic mass is 16.2. The number of para-hydroxylation sites is 1. The van der Waals surface area contributed by atoms with Crippen LogP contribution in [0.2, 0.25) is 0 Å². The molecule has 0 aromatic heterocycles. The number of hydrogen-bond donors (Lipinski definition) is 3. The lowest BCUT2D eigenvalue weighted by Gasteiger charge is -2.12. The summed E-state index contributed by atoms with van der Waals surface area (Å²) in [4.78, 5) is 22.1. The van der Waals surface area contributed by atoms with Crippen molar-refractivity contribution in [3.8, 4) is 0 Å². The van der Waals surface area contributed by atoms with Gasteiger partial charge in [-0.3, -0.25) is 14.9 Å². The Labute approximate surface area is 94.0 Å². The summed E-state index contributed by atoms with van der Waals surface area (Å²) in [7, 11) is 0. The van der Waals surface area contributed by atoms with Gasteiger partial charge in [0.25, 0.3) is 0 Å². The molecule has 0 radical (unpaired) electrons. The van der Waals surface area contributed by atoms with Crippen LogP contribution in [0, 0.1) is 0 Å². The number of benzene rings is 1. The molecule has 0 aliphatic carbocycles. The van der Waals surface area contributed by atoms with Crippen molar-refractivity contribution in [3.63, 3.8) is 0 Å². The van der Waals surface area contributed by atoms with Crippen LogP contribution in [-0.4, -0.2) is 24.4 Å². The summed E-state index contributed by atoms with van der Waals surface area (Å²) in [5.41, 5.74) is 5.68. The number of nitrogens with one attached hydrogen (secondary N) is 2. The largest absolute Gasteiger partial charge is 0.369 e. The molecule has 16 heavy (non-hydrogen) atoms. The van der Waals surface area contributed by atoms with E-state index in [1.807, 2.05) is 18.2 Å². The van der Waals surface area contributed by atoms with E-state index < -0.39 is 11.9 Å². The molecule has 2 amide bonds. The van der Waals surface area contributed by atoms with Gasteiger partial charge in [-0.1, -0.05) is 18.2 Å². The van der Waals surface area contributed by atoms with Crippen LogP contribution in [0.3, 0.4) is 0 Å². The molecule has 1 unspecified atom stereocenters. The molecular formula is C11H15N3O2. The van der Waals surface area contributed by atoms with Gasteiger partial charge in [0, 0.05) is 5.69 Å². The minimum Gasteiger partial charge on any atom is -0.369 e. The molecule has 1 aromatic carbocycles. The number of nitrogens with two attached hydrogens (primary N) is 1. The van der Waals surface area contributed by atoms with Crippen molar-refractivity contribution < 1.29 is 9.59 Å². The molecule has 5 heteroatoms. The quantitative estimate of drug-likeness (QED) is 0.658. The Morgan fingerprint density at radius 3 is 2.50 bits per heavy atom. The van der Waals surface area contributed by atoms with Gasteiger partial charge in [-0.2, -0.15) is 0 Å². The molecule has 0 bridgehead atoms. The fraction of sp³-hybridized carbons (Fsp3) is 0.273. The highest BCUT2D eigenvalue weighted by Gasteiger charge is 2.12. The van der Waals surface area contributed by atoms with E-state index in [0.717, 1.165) is 5.69 Å². The van der Waals surface area contributed by atoms with Crippen LogP contribution in [0.15, 0.2) is 30.3 Å². The molecular weight excluding hydrogens is 206 g/mol. The Morgan fingerprint density at radius 1 is 1.31 bits per heavy atom. The molecule has 1 atom stereocenters. The normalized spacial score (nSPS) is 11.8. The Kier molecular flexibility index (Phi) is 4.47. The van der Waals surface area contributed by atoms with Crippen LogP contribution in [0.1, 0.15) is 6.92 Å². The average molecular weight is 221 g/mol. The highest BCUT2D eigenvalue weighted by molar-refractivity contribution is 5.94. The summed E-state index contributed by atoms with van der Waals surface area (Å²) in [6.45, 7) is 1.66. The van der Waals surface area contributed by atoms with E-state index in [9.17, 15) is 9.59 Å². The van der Waals surface area contributed by atoms with Crippen LogP contribution in [0.25, 0.3) is 0 Å². The summed E-state index contributed by atoms with van der Waals surface area (Å²) in [6.07, 6.45) is 0. The van der Waals surface area contributed by atoms with Crippen molar-refractivity contribution >= 4 is 17.5 Å². The van der Waals surface area contributed by atoms with E-state index in [1.54, 1.807) is 19.1 Å². The van der Waals surface area contributed by atoms with Crippen molar-refractivity contribution in [2.45, 2.75) is 13.0 Å². The van der Waals surface area contributed by atoms with E-state index in [4.69, 9.17) is 5.73 Å². The molecule has 1 rings (SSSR count). The van der Waals surface area contributed by atoms with Gasteiger partial charge < -0.3 is 11.1 Å². The van der Waals surface area contributed by atoms with Crippen molar-refractivity contribution in [2.24, 2.45) is 5.73 Å². The van der Waals surface area contributed by atoms with Crippen LogP contribution in [0.5, 0.6) is 0 Å². The second-order valence-electron chi connectivity index (χ2n) is 3.42. The first kappa shape index (κ1) is 12.2. The fourth-order valence-electron chi connectivity index (χ4n) is 1.12.